The second-order valence-electron chi connectivity index (χ2n) is 10.6. The maximum Gasteiger partial charge on any atom is 0.248 e. The lowest BCUT2D eigenvalue weighted by Crippen LogP contribution is -2.52. The van der Waals surface area contributed by atoms with E-state index in [2.05, 4.69) is 5.32 Å². The average molecular weight is 528 g/mol. The van der Waals surface area contributed by atoms with Gasteiger partial charge in [-0.25, -0.2) is 18.2 Å². The molecule has 4 N–H and O–H groups in total. The van der Waals surface area contributed by atoms with Crippen molar-refractivity contribution >= 4 is 21.8 Å². The Bertz CT molecular complexity index is 970. The molecule has 0 heterocycles. The van der Waals surface area contributed by atoms with Crippen LogP contribution < -0.4 is 15.5 Å². The highest BCUT2D eigenvalue weighted by Crippen LogP contribution is 2.34. The van der Waals surface area contributed by atoms with Crippen LogP contribution in [0.2, 0.25) is 0 Å². The van der Waals surface area contributed by atoms with Crippen molar-refractivity contribution < 1.29 is 33.1 Å². The smallest absolute Gasteiger partial charge is 0.248 e. The Balaban J connectivity index is 2.37. The van der Waals surface area contributed by atoms with Gasteiger partial charge in [0, 0.05) is 13.6 Å². The van der Waals surface area contributed by atoms with Gasteiger partial charge < -0.3 is 15.2 Å². The van der Waals surface area contributed by atoms with E-state index in [4.69, 9.17) is 4.74 Å². The van der Waals surface area contributed by atoms with Crippen LogP contribution in [0.3, 0.4) is 0 Å². The molecule has 1 aromatic rings. The zero-order valence-electron chi connectivity index (χ0n) is 21.9. The molecule has 1 saturated carbocycles. The molecule has 1 aliphatic carbocycles. The second kappa shape index (κ2) is 12.8. The molecule has 0 aliphatic heterocycles. The molecule has 204 valence electrons. The maximum atomic E-state index is 13.5. The van der Waals surface area contributed by atoms with Gasteiger partial charge in [-0.1, -0.05) is 46.5 Å². The van der Waals surface area contributed by atoms with Crippen LogP contribution >= 0.6 is 0 Å². The van der Waals surface area contributed by atoms with Gasteiger partial charge in [-0.15, -0.1) is 0 Å². The minimum absolute atomic E-state index is 0.0128. The number of ether oxygens (including phenoxy) is 1. The molecular formula is C25H41N3O7S. The van der Waals surface area contributed by atoms with E-state index in [0.717, 1.165) is 30.0 Å². The fraction of sp³-hybridized carbons (Fsp3) is 0.680. The predicted molar refractivity (Wildman–Crippen MR) is 135 cm³/mol. The van der Waals surface area contributed by atoms with Gasteiger partial charge in [-0.2, -0.15) is 0 Å². The standard InChI is InChI=1S/C25H41N3O7S/c1-25(2,3)22(16-29)26-23(30)20(14-17-8-6-7-9-17)21(24(31)27-32)15-28(4)36(33,34)19-12-10-18(35-5)11-13-19/h10-13,17,20-22,29,32H,6-9,14-16H2,1-5H3,(H,26,30)(H,27,31). The van der Waals surface area contributed by atoms with E-state index in [1.54, 1.807) is 5.48 Å². The van der Waals surface area contributed by atoms with E-state index in [9.17, 15) is 28.3 Å². The van der Waals surface area contributed by atoms with Crippen molar-refractivity contribution in [1.82, 2.24) is 15.1 Å². The number of carbonyl (C=O) groups excluding carboxylic acids is 2. The number of carbonyl (C=O) groups is 2. The SMILES string of the molecule is COc1ccc(S(=O)(=O)N(C)CC(C(=O)NO)C(CC2CCCC2)C(=O)NC(CO)C(C)(C)C)cc1. The lowest BCUT2D eigenvalue weighted by atomic mass is 9.81. The summed E-state index contributed by atoms with van der Waals surface area (Å²) in [6.45, 7) is 5.05. The van der Waals surface area contributed by atoms with Crippen LogP contribution in [0, 0.1) is 23.2 Å². The Morgan fingerprint density at radius 3 is 2.17 bits per heavy atom. The number of nitrogens with one attached hydrogen (secondary N) is 2. The van der Waals surface area contributed by atoms with Gasteiger partial charge in [0.05, 0.1) is 36.5 Å². The van der Waals surface area contributed by atoms with Crippen molar-refractivity contribution in [3.05, 3.63) is 24.3 Å². The van der Waals surface area contributed by atoms with Crippen molar-refractivity contribution in [2.24, 2.45) is 23.2 Å². The molecule has 10 nitrogen and oxygen atoms in total. The van der Waals surface area contributed by atoms with E-state index in [1.165, 1.54) is 38.4 Å². The first kappa shape index (κ1) is 30.0. The lowest BCUT2D eigenvalue weighted by Gasteiger charge is -2.34. The highest BCUT2D eigenvalue weighted by Gasteiger charge is 2.40. The topological polar surface area (TPSA) is 145 Å². The molecule has 1 aliphatic rings. The normalized spacial score (nSPS) is 17.4. The van der Waals surface area contributed by atoms with E-state index < -0.39 is 45.1 Å². The Morgan fingerprint density at radius 2 is 1.69 bits per heavy atom. The van der Waals surface area contributed by atoms with Gasteiger partial charge in [-0.3, -0.25) is 14.8 Å². The molecular weight excluding hydrogens is 486 g/mol. The van der Waals surface area contributed by atoms with Gasteiger partial charge in [0.15, 0.2) is 0 Å². The third-order valence-electron chi connectivity index (χ3n) is 7.10. The van der Waals surface area contributed by atoms with Crippen LogP contribution in [-0.2, 0) is 19.6 Å². The molecule has 0 spiro atoms. The number of aliphatic hydroxyl groups excluding tert-OH is 1. The molecule has 2 rings (SSSR count). The van der Waals surface area contributed by atoms with Crippen LogP contribution in [0.15, 0.2) is 29.2 Å². The molecule has 3 unspecified atom stereocenters. The maximum absolute atomic E-state index is 13.5. The number of nitrogens with zero attached hydrogens (tertiary/aromatic N) is 1. The Morgan fingerprint density at radius 1 is 1.11 bits per heavy atom. The number of sulfonamides is 1. The van der Waals surface area contributed by atoms with Crippen LogP contribution in [-0.4, -0.2) is 68.2 Å². The van der Waals surface area contributed by atoms with Gasteiger partial charge in [0.1, 0.15) is 5.75 Å². The number of amides is 2. The zero-order chi connectivity index (χ0) is 27.1. The number of hydrogen-bond acceptors (Lipinski definition) is 7. The Kier molecular flexibility index (Phi) is 10.7. The van der Waals surface area contributed by atoms with E-state index >= 15 is 0 Å². The number of aliphatic hydroxyl groups is 1. The number of methoxy groups -OCH3 is 1. The van der Waals surface area contributed by atoms with Crippen LogP contribution in [0.1, 0.15) is 52.9 Å². The second-order valence-corrected chi connectivity index (χ2v) is 12.7. The number of benzene rings is 1. The summed E-state index contributed by atoms with van der Waals surface area (Å²) in [5.41, 5.74) is 1.19. The summed E-state index contributed by atoms with van der Waals surface area (Å²) in [6.07, 6.45) is 4.27. The predicted octanol–water partition coefficient (Wildman–Crippen LogP) is 2.16. The molecule has 0 saturated heterocycles. The summed E-state index contributed by atoms with van der Waals surface area (Å²) in [7, 11) is -1.18. The molecule has 3 atom stereocenters. The Labute approximate surface area is 214 Å². The summed E-state index contributed by atoms with van der Waals surface area (Å²) in [5, 5.41) is 22.2. The largest absolute Gasteiger partial charge is 0.497 e. The van der Waals surface area contributed by atoms with Crippen molar-refractivity contribution in [2.75, 3.05) is 27.3 Å². The number of hydrogen-bond donors (Lipinski definition) is 4. The van der Waals surface area contributed by atoms with Crippen LogP contribution in [0.5, 0.6) is 5.75 Å². The van der Waals surface area contributed by atoms with Gasteiger partial charge in [0.25, 0.3) is 0 Å². The summed E-state index contributed by atoms with van der Waals surface area (Å²) in [5.74, 6) is -2.61. The first-order chi connectivity index (χ1) is 16.8. The van der Waals surface area contributed by atoms with E-state index in [1.807, 2.05) is 20.8 Å². The van der Waals surface area contributed by atoms with E-state index in [0.29, 0.717) is 12.2 Å². The van der Waals surface area contributed by atoms with Crippen molar-refractivity contribution in [3.8, 4) is 5.75 Å². The molecule has 36 heavy (non-hydrogen) atoms. The summed E-state index contributed by atoms with van der Waals surface area (Å²) in [6, 6.07) is 5.30. The summed E-state index contributed by atoms with van der Waals surface area (Å²) < 4.78 is 32.6. The fourth-order valence-electron chi connectivity index (χ4n) is 4.65. The third-order valence-corrected chi connectivity index (χ3v) is 8.93. The van der Waals surface area contributed by atoms with Crippen molar-refractivity contribution in [1.29, 1.82) is 0 Å². The lowest BCUT2D eigenvalue weighted by molar-refractivity contribution is -0.141. The number of rotatable bonds is 12. The van der Waals surface area contributed by atoms with Crippen molar-refractivity contribution in [2.45, 2.75) is 63.8 Å². The molecule has 0 radical (unpaired) electrons. The highest BCUT2D eigenvalue weighted by molar-refractivity contribution is 7.89. The third kappa shape index (κ3) is 7.64. The molecule has 11 heteroatoms. The zero-order valence-corrected chi connectivity index (χ0v) is 22.7. The molecule has 1 fully saturated rings. The first-order valence-corrected chi connectivity index (χ1v) is 13.7. The molecule has 0 bridgehead atoms. The highest BCUT2D eigenvalue weighted by atomic mass is 32.2. The summed E-state index contributed by atoms with van der Waals surface area (Å²) >= 11 is 0. The van der Waals surface area contributed by atoms with Gasteiger partial charge in [0.2, 0.25) is 21.8 Å². The fourth-order valence-corrected chi connectivity index (χ4v) is 5.85. The van der Waals surface area contributed by atoms with Crippen molar-refractivity contribution in [3.63, 3.8) is 0 Å². The molecule has 2 amide bonds. The Hall–Kier alpha value is -2.21. The first-order valence-electron chi connectivity index (χ1n) is 12.3. The van der Waals surface area contributed by atoms with Gasteiger partial charge in [-0.05, 0) is 42.0 Å². The van der Waals surface area contributed by atoms with Gasteiger partial charge >= 0.3 is 0 Å². The number of hydroxylamine groups is 1. The van der Waals surface area contributed by atoms with E-state index in [-0.39, 0.29) is 24.0 Å². The molecule has 1 aromatic carbocycles. The average Bonchev–Trinajstić information content (AvgIpc) is 3.36. The summed E-state index contributed by atoms with van der Waals surface area (Å²) in [4.78, 5) is 26.4. The quantitative estimate of drug-likeness (QED) is 0.241. The molecule has 0 aromatic heterocycles. The monoisotopic (exact) mass is 527 g/mol. The van der Waals surface area contributed by atoms with Crippen LogP contribution in [0.25, 0.3) is 0 Å². The van der Waals surface area contributed by atoms with Crippen LogP contribution in [0.4, 0.5) is 0 Å². The minimum Gasteiger partial charge on any atom is -0.497 e. The minimum atomic E-state index is -3.99.